The van der Waals surface area contributed by atoms with Crippen LogP contribution in [-0.2, 0) is 12.6 Å². The fourth-order valence-corrected chi connectivity index (χ4v) is 3.87. The van der Waals surface area contributed by atoms with Gasteiger partial charge in [-0.2, -0.15) is 13.2 Å². The summed E-state index contributed by atoms with van der Waals surface area (Å²) in [5.41, 5.74) is 1.84. The summed E-state index contributed by atoms with van der Waals surface area (Å²) in [4.78, 5) is 17.0. The number of carbonyl (C=O) groups is 1. The number of halogens is 3. The lowest BCUT2D eigenvalue weighted by Gasteiger charge is -2.16. The lowest BCUT2D eigenvalue weighted by Crippen LogP contribution is -2.34. The van der Waals surface area contributed by atoms with Gasteiger partial charge in [-0.1, -0.05) is 60.7 Å². The fourth-order valence-electron chi connectivity index (χ4n) is 3.87. The molecule has 1 N–H and O–H groups in total. The molecular formula is C27H24F3N3O. The molecular weight excluding hydrogens is 439 g/mol. The van der Waals surface area contributed by atoms with E-state index in [1.54, 1.807) is 34.9 Å². The van der Waals surface area contributed by atoms with Crippen molar-refractivity contribution >= 4 is 5.91 Å². The van der Waals surface area contributed by atoms with Crippen LogP contribution in [0.3, 0.4) is 0 Å². The molecule has 0 spiro atoms. The van der Waals surface area contributed by atoms with Gasteiger partial charge >= 0.3 is 6.18 Å². The minimum absolute atomic E-state index is 0.0685. The van der Waals surface area contributed by atoms with Gasteiger partial charge in [0.25, 0.3) is 5.91 Å². The van der Waals surface area contributed by atoms with Gasteiger partial charge in [0.1, 0.15) is 5.69 Å². The Bertz CT molecular complexity index is 1270. The van der Waals surface area contributed by atoms with Crippen LogP contribution in [0.4, 0.5) is 13.2 Å². The Kier molecular flexibility index (Phi) is 6.82. The Morgan fingerprint density at radius 1 is 1.00 bits per heavy atom. The Labute approximate surface area is 196 Å². The molecule has 0 bridgehead atoms. The number of rotatable bonds is 7. The molecule has 0 saturated heterocycles. The number of hydrogen-bond acceptors (Lipinski definition) is 2. The van der Waals surface area contributed by atoms with Crippen molar-refractivity contribution in [1.29, 1.82) is 0 Å². The molecule has 4 nitrogen and oxygen atoms in total. The van der Waals surface area contributed by atoms with E-state index in [0.29, 0.717) is 16.9 Å². The predicted molar refractivity (Wildman–Crippen MR) is 126 cm³/mol. The van der Waals surface area contributed by atoms with Crippen LogP contribution in [0.25, 0.3) is 16.8 Å². The molecule has 0 aliphatic heterocycles. The quantitative estimate of drug-likeness (QED) is 0.349. The highest BCUT2D eigenvalue weighted by Gasteiger charge is 2.33. The summed E-state index contributed by atoms with van der Waals surface area (Å²) < 4.78 is 42.1. The first-order chi connectivity index (χ1) is 16.3. The predicted octanol–water partition coefficient (Wildman–Crippen LogP) is 6.31. The molecule has 1 heterocycles. The largest absolute Gasteiger partial charge is 0.417 e. The van der Waals surface area contributed by atoms with Gasteiger partial charge < -0.3 is 5.32 Å². The molecule has 0 radical (unpaired) electrons. The van der Waals surface area contributed by atoms with E-state index in [1.165, 1.54) is 30.2 Å². The second kappa shape index (κ2) is 9.95. The van der Waals surface area contributed by atoms with E-state index < -0.39 is 11.7 Å². The molecule has 3 aromatic carbocycles. The number of benzene rings is 3. The number of aryl methyl sites for hydroxylation is 1. The number of hydrogen-bond donors (Lipinski definition) is 1. The van der Waals surface area contributed by atoms with Crippen molar-refractivity contribution in [2.75, 3.05) is 0 Å². The SMILES string of the molecule is C[C@@H](CCc1ccccc1)NC(=O)c1cncn1-c1cccc(-c2ccccc2C(F)(F)F)c1. The summed E-state index contributed by atoms with van der Waals surface area (Å²) >= 11 is 0. The Morgan fingerprint density at radius 3 is 2.50 bits per heavy atom. The summed E-state index contributed by atoms with van der Waals surface area (Å²) in [6.07, 6.45) is 0.0757. The molecule has 4 aromatic rings. The summed E-state index contributed by atoms with van der Waals surface area (Å²) in [6, 6.07) is 22.1. The molecule has 34 heavy (non-hydrogen) atoms. The second-order valence-electron chi connectivity index (χ2n) is 8.14. The van der Waals surface area contributed by atoms with Crippen molar-refractivity contribution in [1.82, 2.24) is 14.9 Å². The highest BCUT2D eigenvalue weighted by atomic mass is 19.4. The van der Waals surface area contributed by atoms with Crippen molar-refractivity contribution in [2.24, 2.45) is 0 Å². The summed E-state index contributed by atoms with van der Waals surface area (Å²) in [6.45, 7) is 1.94. The van der Waals surface area contributed by atoms with Crippen LogP contribution in [0.1, 0.15) is 35.0 Å². The zero-order chi connectivity index (χ0) is 24.1. The van der Waals surface area contributed by atoms with Gasteiger partial charge in [0.05, 0.1) is 18.1 Å². The molecule has 174 valence electrons. The highest BCUT2D eigenvalue weighted by Crippen LogP contribution is 2.37. The van der Waals surface area contributed by atoms with Gasteiger partial charge in [0.2, 0.25) is 0 Å². The minimum atomic E-state index is -4.47. The molecule has 0 saturated carbocycles. The minimum Gasteiger partial charge on any atom is -0.348 e. The van der Waals surface area contributed by atoms with Crippen LogP contribution in [-0.4, -0.2) is 21.5 Å². The maximum Gasteiger partial charge on any atom is 0.417 e. The average Bonchev–Trinajstić information content (AvgIpc) is 3.33. The first kappa shape index (κ1) is 23.3. The Hall–Kier alpha value is -3.87. The molecule has 1 amide bonds. The Balaban J connectivity index is 1.53. The molecule has 4 rings (SSSR count). The Morgan fingerprint density at radius 2 is 1.74 bits per heavy atom. The first-order valence-electron chi connectivity index (χ1n) is 11.0. The van der Waals surface area contributed by atoms with E-state index in [-0.39, 0.29) is 17.5 Å². The van der Waals surface area contributed by atoms with Crippen molar-refractivity contribution in [3.8, 4) is 16.8 Å². The summed E-state index contributed by atoms with van der Waals surface area (Å²) in [5, 5.41) is 2.99. The monoisotopic (exact) mass is 463 g/mol. The van der Waals surface area contributed by atoms with E-state index >= 15 is 0 Å². The fraction of sp³-hybridized carbons (Fsp3) is 0.185. The maximum atomic E-state index is 13.5. The molecule has 0 unspecified atom stereocenters. The third kappa shape index (κ3) is 5.36. The number of nitrogens with one attached hydrogen (secondary N) is 1. The van der Waals surface area contributed by atoms with Gasteiger partial charge in [-0.3, -0.25) is 9.36 Å². The van der Waals surface area contributed by atoms with Crippen molar-refractivity contribution in [3.63, 3.8) is 0 Å². The van der Waals surface area contributed by atoms with E-state index in [1.807, 2.05) is 37.3 Å². The van der Waals surface area contributed by atoms with Gasteiger partial charge in [0.15, 0.2) is 0 Å². The third-order valence-electron chi connectivity index (χ3n) is 5.63. The normalized spacial score (nSPS) is 12.4. The highest BCUT2D eigenvalue weighted by molar-refractivity contribution is 5.93. The second-order valence-corrected chi connectivity index (χ2v) is 8.14. The zero-order valence-electron chi connectivity index (χ0n) is 18.6. The van der Waals surface area contributed by atoms with Gasteiger partial charge in [-0.05, 0) is 54.7 Å². The van der Waals surface area contributed by atoms with Gasteiger partial charge in [-0.25, -0.2) is 4.98 Å². The van der Waals surface area contributed by atoms with Crippen LogP contribution in [0, 0.1) is 0 Å². The first-order valence-corrected chi connectivity index (χ1v) is 11.0. The molecule has 0 aliphatic carbocycles. The lowest BCUT2D eigenvalue weighted by atomic mass is 9.99. The zero-order valence-corrected chi connectivity index (χ0v) is 18.6. The number of carbonyl (C=O) groups excluding carboxylic acids is 1. The van der Waals surface area contributed by atoms with Crippen LogP contribution >= 0.6 is 0 Å². The van der Waals surface area contributed by atoms with E-state index in [2.05, 4.69) is 10.3 Å². The number of aromatic nitrogens is 2. The molecule has 0 fully saturated rings. The molecule has 7 heteroatoms. The topological polar surface area (TPSA) is 46.9 Å². The van der Waals surface area contributed by atoms with Gasteiger partial charge in [-0.15, -0.1) is 0 Å². The molecule has 1 aromatic heterocycles. The van der Waals surface area contributed by atoms with E-state index in [0.717, 1.165) is 18.9 Å². The number of amides is 1. The summed E-state index contributed by atoms with van der Waals surface area (Å²) in [5.74, 6) is -0.292. The lowest BCUT2D eigenvalue weighted by molar-refractivity contribution is -0.137. The van der Waals surface area contributed by atoms with Crippen LogP contribution in [0.15, 0.2) is 91.4 Å². The smallest absolute Gasteiger partial charge is 0.348 e. The van der Waals surface area contributed by atoms with E-state index in [4.69, 9.17) is 0 Å². The summed E-state index contributed by atoms with van der Waals surface area (Å²) in [7, 11) is 0. The standard InChI is InChI=1S/C27H24F3N3O/c1-19(14-15-20-8-3-2-4-9-20)32-26(34)25-17-31-18-33(25)22-11-7-10-21(16-22)23-12-5-6-13-24(23)27(28,29)30/h2-13,16-19H,14-15H2,1H3,(H,32,34)/t19-/m0/s1. The van der Waals surface area contributed by atoms with Crippen LogP contribution < -0.4 is 5.32 Å². The van der Waals surface area contributed by atoms with Crippen molar-refractivity contribution in [3.05, 3.63) is 108 Å². The third-order valence-corrected chi connectivity index (χ3v) is 5.63. The van der Waals surface area contributed by atoms with E-state index in [9.17, 15) is 18.0 Å². The maximum absolute atomic E-state index is 13.5. The molecule has 1 atom stereocenters. The number of alkyl halides is 3. The van der Waals surface area contributed by atoms with Crippen LogP contribution in [0.2, 0.25) is 0 Å². The molecule has 0 aliphatic rings. The number of nitrogens with zero attached hydrogens (tertiary/aromatic N) is 2. The van der Waals surface area contributed by atoms with Crippen LogP contribution in [0.5, 0.6) is 0 Å². The average molecular weight is 464 g/mol. The van der Waals surface area contributed by atoms with Crippen molar-refractivity contribution in [2.45, 2.75) is 32.0 Å². The number of imidazole rings is 1. The van der Waals surface area contributed by atoms with Crippen molar-refractivity contribution < 1.29 is 18.0 Å². The van der Waals surface area contributed by atoms with Gasteiger partial charge in [0, 0.05) is 11.7 Å².